The average Bonchev–Trinajstić information content (AvgIpc) is 3.10. The van der Waals surface area contributed by atoms with E-state index in [1.54, 1.807) is 13.0 Å². The molecule has 110 valence electrons. The number of nitrogens with zero attached hydrogens (tertiary/aromatic N) is 2. The largest absolute Gasteiger partial charge is 0.478 e. The van der Waals surface area contributed by atoms with Crippen molar-refractivity contribution in [2.24, 2.45) is 0 Å². The van der Waals surface area contributed by atoms with Crippen LogP contribution in [-0.4, -0.2) is 27.0 Å². The van der Waals surface area contributed by atoms with Crippen LogP contribution >= 0.6 is 11.8 Å². The van der Waals surface area contributed by atoms with Crippen molar-refractivity contribution in [2.45, 2.75) is 31.9 Å². The Labute approximate surface area is 126 Å². The van der Waals surface area contributed by atoms with Gasteiger partial charge in [0.15, 0.2) is 0 Å². The summed E-state index contributed by atoms with van der Waals surface area (Å²) in [6.45, 7) is 3.63. The number of hydrogen-bond donors (Lipinski definition) is 1. The maximum Gasteiger partial charge on any atom is 0.336 e. The molecule has 6 heteroatoms. The molecule has 5 nitrogen and oxygen atoms in total. The fourth-order valence-corrected chi connectivity index (χ4v) is 3.79. The third kappa shape index (κ3) is 2.55. The first-order valence-electron chi connectivity index (χ1n) is 6.87. The number of aromatic carboxylic acids is 1. The molecule has 1 N–H and O–H groups in total. The molecule has 1 aromatic carbocycles. The van der Waals surface area contributed by atoms with Crippen LogP contribution in [0.25, 0.3) is 11.5 Å². The van der Waals surface area contributed by atoms with E-state index in [9.17, 15) is 9.90 Å². The number of rotatable bonds is 3. The van der Waals surface area contributed by atoms with Crippen LogP contribution in [0.5, 0.6) is 0 Å². The Bertz CT molecular complexity index is 690. The molecule has 1 unspecified atom stereocenters. The van der Waals surface area contributed by atoms with Gasteiger partial charge in [-0.05, 0) is 43.6 Å². The molecule has 0 amide bonds. The van der Waals surface area contributed by atoms with E-state index in [2.05, 4.69) is 10.2 Å². The van der Waals surface area contributed by atoms with Gasteiger partial charge >= 0.3 is 5.97 Å². The number of aromatic nitrogens is 2. The topological polar surface area (TPSA) is 76.2 Å². The predicted octanol–water partition coefficient (Wildman–Crippen LogP) is 3.62. The Hall–Kier alpha value is -1.82. The summed E-state index contributed by atoms with van der Waals surface area (Å²) in [6, 6.07) is 3.68. The van der Waals surface area contributed by atoms with Crippen molar-refractivity contribution in [2.75, 3.05) is 5.75 Å². The Kier molecular flexibility index (Phi) is 3.71. The fraction of sp³-hybridized carbons (Fsp3) is 0.400. The molecular formula is C15H16N2O3S. The minimum absolute atomic E-state index is 0.240. The van der Waals surface area contributed by atoms with Crippen molar-refractivity contribution in [1.29, 1.82) is 0 Å². The van der Waals surface area contributed by atoms with E-state index in [-0.39, 0.29) is 10.8 Å². The van der Waals surface area contributed by atoms with Crippen LogP contribution in [0.15, 0.2) is 16.5 Å². The van der Waals surface area contributed by atoms with Gasteiger partial charge < -0.3 is 9.52 Å². The zero-order valence-corrected chi connectivity index (χ0v) is 12.7. The second-order valence-electron chi connectivity index (χ2n) is 5.20. The fourth-order valence-electron chi connectivity index (χ4n) is 2.60. The van der Waals surface area contributed by atoms with Crippen LogP contribution in [0.3, 0.4) is 0 Å². The number of carbonyl (C=O) groups is 1. The molecule has 2 heterocycles. The highest BCUT2D eigenvalue weighted by molar-refractivity contribution is 7.99. The quantitative estimate of drug-likeness (QED) is 0.933. The maximum absolute atomic E-state index is 11.5. The third-order valence-electron chi connectivity index (χ3n) is 3.70. The molecule has 21 heavy (non-hydrogen) atoms. The molecule has 0 aliphatic carbocycles. The highest BCUT2D eigenvalue weighted by Crippen LogP contribution is 2.40. The van der Waals surface area contributed by atoms with Crippen LogP contribution < -0.4 is 0 Å². The third-order valence-corrected chi connectivity index (χ3v) is 5.06. The van der Waals surface area contributed by atoms with E-state index in [0.717, 1.165) is 24.2 Å². The van der Waals surface area contributed by atoms with Crippen LogP contribution in [0.4, 0.5) is 0 Å². The van der Waals surface area contributed by atoms with E-state index in [1.165, 1.54) is 0 Å². The predicted molar refractivity (Wildman–Crippen MR) is 80.6 cm³/mol. The Morgan fingerprint density at radius 1 is 1.33 bits per heavy atom. The van der Waals surface area contributed by atoms with Gasteiger partial charge in [-0.1, -0.05) is 12.1 Å². The van der Waals surface area contributed by atoms with Crippen molar-refractivity contribution < 1.29 is 14.3 Å². The SMILES string of the molecule is Cc1ccc(C)c(-c2nnc(C3CCCS3)o2)c1C(=O)O. The van der Waals surface area contributed by atoms with Crippen molar-refractivity contribution >= 4 is 17.7 Å². The van der Waals surface area contributed by atoms with E-state index in [4.69, 9.17) is 4.42 Å². The average molecular weight is 304 g/mol. The molecule has 1 saturated heterocycles. The number of carboxylic acid groups (broad SMARTS) is 1. The molecule has 0 saturated carbocycles. The summed E-state index contributed by atoms with van der Waals surface area (Å²) < 4.78 is 5.77. The molecule has 2 aromatic rings. The van der Waals surface area contributed by atoms with E-state index in [0.29, 0.717) is 22.9 Å². The van der Waals surface area contributed by atoms with Crippen molar-refractivity contribution in [1.82, 2.24) is 10.2 Å². The highest BCUT2D eigenvalue weighted by atomic mass is 32.2. The number of carboxylic acids is 1. The zero-order chi connectivity index (χ0) is 15.0. The van der Waals surface area contributed by atoms with Crippen molar-refractivity contribution in [3.05, 3.63) is 34.7 Å². The van der Waals surface area contributed by atoms with Gasteiger partial charge in [-0.25, -0.2) is 4.79 Å². The summed E-state index contributed by atoms with van der Waals surface area (Å²) in [7, 11) is 0. The van der Waals surface area contributed by atoms with Crippen molar-refractivity contribution in [3.63, 3.8) is 0 Å². The molecule has 1 aromatic heterocycles. The normalized spacial score (nSPS) is 18.1. The number of hydrogen-bond acceptors (Lipinski definition) is 5. The lowest BCUT2D eigenvalue weighted by Gasteiger charge is -2.09. The Morgan fingerprint density at radius 2 is 2.10 bits per heavy atom. The number of thioether (sulfide) groups is 1. The summed E-state index contributed by atoms with van der Waals surface area (Å²) in [5, 5.41) is 17.9. The summed E-state index contributed by atoms with van der Waals surface area (Å²) in [4.78, 5) is 11.5. The van der Waals surface area contributed by atoms with Gasteiger partial charge in [0, 0.05) is 0 Å². The molecule has 0 radical (unpaired) electrons. The van der Waals surface area contributed by atoms with Gasteiger partial charge in [-0.2, -0.15) is 0 Å². The second-order valence-corrected chi connectivity index (χ2v) is 6.51. The van der Waals surface area contributed by atoms with E-state index >= 15 is 0 Å². The van der Waals surface area contributed by atoms with Gasteiger partial charge in [-0.3, -0.25) is 0 Å². The summed E-state index contributed by atoms with van der Waals surface area (Å²) in [6.07, 6.45) is 2.18. The standard InChI is InChI=1S/C15H16N2O3S/c1-8-5-6-9(2)12(15(18)19)11(8)14-17-16-13(20-14)10-4-3-7-21-10/h5-6,10H,3-4,7H2,1-2H3,(H,18,19). The molecule has 3 rings (SSSR count). The minimum atomic E-state index is -0.971. The molecule has 1 fully saturated rings. The van der Waals surface area contributed by atoms with E-state index < -0.39 is 5.97 Å². The van der Waals surface area contributed by atoms with E-state index in [1.807, 2.05) is 24.8 Å². The molecule has 1 atom stereocenters. The maximum atomic E-state index is 11.5. The lowest BCUT2D eigenvalue weighted by molar-refractivity contribution is 0.0696. The summed E-state index contributed by atoms with van der Waals surface area (Å²) in [5.41, 5.74) is 2.29. The zero-order valence-electron chi connectivity index (χ0n) is 11.9. The van der Waals surface area contributed by atoms with Crippen LogP contribution in [0.2, 0.25) is 0 Å². The van der Waals surface area contributed by atoms with Crippen LogP contribution in [0, 0.1) is 13.8 Å². The molecule has 0 spiro atoms. The summed E-state index contributed by atoms with van der Waals surface area (Å²) in [5.74, 6) is 1.04. The van der Waals surface area contributed by atoms with Gasteiger partial charge in [0.25, 0.3) is 0 Å². The lowest BCUT2D eigenvalue weighted by atomic mass is 9.97. The van der Waals surface area contributed by atoms with Crippen LogP contribution in [-0.2, 0) is 0 Å². The van der Waals surface area contributed by atoms with Crippen LogP contribution in [0.1, 0.15) is 45.5 Å². The molecular weight excluding hydrogens is 288 g/mol. The highest BCUT2D eigenvalue weighted by Gasteiger charge is 2.26. The molecule has 0 bridgehead atoms. The monoisotopic (exact) mass is 304 g/mol. The first-order chi connectivity index (χ1) is 10.1. The Morgan fingerprint density at radius 3 is 2.76 bits per heavy atom. The van der Waals surface area contributed by atoms with Gasteiger partial charge in [0.1, 0.15) is 0 Å². The summed E-state index contributed by atoms with van der Waals surface area (Å²) >= 11 is 1.81. The molecule has 1 aliphatic heterocycles. The lowest BCUT2D eigenvalue weighted by Crippen LogP contribution is -2.04. The Balaban J connectivity index is 2.08. The first-order valence-corrected chi connectivity index (χ1v) is 7.91. The number of benzene rings is 1. The van der Waals surface area contributed by atoms with Gasteiger partial charge in [0.2, 0.25) is 11.8 Å². The van der Waals surface area contributed by atoms with Gasteiger partial charge in [0.05, 0.1) is 16.4 Å². The minimum Gasteiger partial charge on any atom is -0.478 e. The smallest absolute Gasteiger partial charge is 0.336 e. The van der Waals surface area contributed by atoms with Gasteiger partial charge in [-0.15, -0.1) is 22.0 Å². The number of aryl methyl sites for hydroxylation is 2. The first kappa shape index (κ1) is 14.1. The van der Waals surface area contributed by atoms with Crippen molar-refractivity contribution in [3.8, 4) is 11.5 Å². The molecule has 1 aliphatic rings. The second kappa shape index (κ2) is 5.52.